The Morgan fingerprint density at radius 2 is 1.72 bits per heavy atom. The predicted molar refractivity (Wildman–Crippen MR) is 171 cm³/mol. The van der Waals surface area contributed by atoms with Gasteiger partial charge >= 0.3 is 0 Å². The molecule has 0 aliphatic carbocycles. The van der Waals surface area contributed by atoms with E-state index in [0.29, 0.717) is 25.6 Å². The Morgan fingerprint density at radius 3 is 2.44 bits per heavy atom. The number of Topliss-reactive ketones (excluding diaryl/α,β-unsaturated/α-hetero) is 1. The number of ketones is 1. The number of likely N-dealkylation sites (tertiary alicyclic amines) is 1. The highest BCUT2D eigenvalue weighted by Gasteiger charge is 2.29. The molecule has 3 aromatic carbocycles. The maximum Gasteiger partial charge on any atom is 0.162 e. The van der Waals surface area contributed by atoms with Crippen molar-refractivity contribution in [1.29, 1.82) is 0 Å². The second-order valence-electron chi connectivity index (χ2n) is 10.8. The summed E-state index contributed by atoms with van der Waals surface area (Å²) in [6.07, 6.45) is 7.91. The van der Waals surface area contributed by atoms with E-state index in [1.54, 1.807) is 0 Å². The summed E-state index contributed by atoms with van der Waals surface area (Å²) < 4.78 is 6.09. The number of anilines is 1. The maximum atomic E-state index is 14.2. The lowest BCUT2D eigenvalue weighted by atomic mass is 9.82. The molecule has 5 rings (SSSR count). The van der Waals surface area contributed by atoms with Gasteiger partial charge in [-0.3, -0.25) is 4.79 Å². The van der Waals surface area contributed by atoms with Crippen LogP contribution in [-0.2, 0) is 17.8 Å². The van der Waals surface area contributed by atoms with Gasteiger partial charge in [0.25, 0.3) is 0 Å². The van der Waals surface area contributed by atoms with Crippen molar-refractivity contribution in [1.82, 2.24) is 4.90 Å². The van der Waals surface area contributed by atoms with E-state index < -0.39 is 0 Å². The standard InChI is InChI=1S/C33H39N3O2.HI/c1-36-16-3-2-4-31(36)21-29(18-23-7-12-30(35)13-8-23)33(37)27-15-17-38-32-14-11-26(19-28(32)20-27)25-9-5-24(22-34)6-10-25;/h5-14,19-20,29,31H,2-4,15-18,21-22,34-35H2,1H3;1H. The highest BCUT2D eigenvalue weighted by atomic mass is 127. The maximum absolute atomic E-state index is 14.2. The van der Waals surface area contributed by atoms with Crippen molar-refractivity contribution >= 4 is 41.5 Å². The third kappa shape index (κ3) is 7.29. The van der Waals surface area contributed by atoms with Crippen molar-refractivity contribution < 1.29 is 9.53 Å². The number of hydrogen-bond acceptors (Lipinski definition) is 5. The zero-order valence-corrected chi connectivity index (χ0v) is 25.1. The van der Waals surface area contributed by atoms with E-state index in [2.05, 4.69) is 66.6 Å². The molecule has 0 bridgehead atoms. The minimum Gasteiger partial charge on any atom is -0.493 e. The number of piperidine rings is 1. The van der Waals surface area contributed by atoms with Crippen LogP contribution in [0, 0.1) is 5.92 Å². The molecular formula is C33H40IN3O2. The minimum absolute atomic E-state index is 0. The first-order chi connectivity index (χ1) is 18.5. The summed E-state index contributed by atoms with van der Waals surface area (Å²) in [7, 11) is 2.20. The zero-order valence-electron chi connectivity index (χ0n) is 22.8. The molecule has 4 N–H and O–H groups in total. The predicted octanol–water partition coefficient (Wildman–Crippen LogP) is 6.48. The molecule has 1 fully saturated rings. The second-order valence-corrected chi connectivity index (χ2v) is 10.8. The van der Waals surface area contributed by atoms with Crippen LogP contribution in [0.25, 0.3) is 17.2 Å². The van der Waals surface area contributed by atoms with Gasteiger partial charge in [0.15, 0.2) is 5.78 Å². The number of nitrogens with two attached hydrogens (primary N) is 2. The molecule has 2 atom stereocenters. The molecule has 0 amide bonds. The van der Waals surface area contributed by atoms with Crippen molar-refractivity contribution in [2.75, 3.05) is 25.9 Å². The normalized spacial score (nSPS) is 18.1. The van der Waals surface area contributed by atoms with Gasteiger partial charge < -0.3 is 21.1 Å². The van der Waals surface area contributed by atoms with Crippen LogP contribution in [0.2, 0.25) is 0 Å². The van der Waals surface area contributed by atoms with E-state index in [1.807, 2.05) is 18.2 Å². The average Bonchev–Trinajstić information content (AvgIpc) is 3.17. The Morgan fingerprint density at radius 1 is 1.00 bits per heavy atom. The van der Waals surface area contributed by atoms with Crippen molar-refractivity contribution in [2.24, 2.45) is 11.7 Å². The SMILES string of the molecule is CN1CCCCC1CC(Cc1ccc(N)cc1)C(=O)C1=Cc2cc(-c3ccc(CN)cc3)ccc2OCC1.I. The molecule has 1 saturated heterocycles. The lowest BCUT2D eigenvalue weighted by Crippen LogP contribution is -2.39. The summed E-state index contributed by atoms with van der Waals surface area (Å²) >= 11 is 0. The van der Waals surface area contributed by atoms with Gasteiger partial charge in [-0.05, 0) is 97.4 Å². The Bertz CT molecular complexity index is 1290. The van der Waals surface area contributed by atoms with Crippen molar-refractivity contribution in [3.63, 3.8) is 0 Å². The van der Waals surface area contributed by atoms with Crippen LogP contribution in [0.5, 0.6) is 5.75 Å². The first-order valence-corrected chi connectivity index (χ1v) is 13.9. The molecule has 2 aliphatic heterocycles. The summed E-state index contributed by atoms with van der Waals surface area (Å²) in [5, 5.41) is 0. The number of nitrogen functional groups attached to an aromatic ring is 1. The van der Waals surface area contributed by atoms with Gasteiger partial charge in [0.2, 0.25) is 0 Å². The molecule has 5 nitrogen and oxygen atoms in total. The molecule has 2 aliphatic rings. The molecule has 2 heterocycles. The third-order valence-corrected chi connectivity index (χ3v) is 8.12. The Balaban J connectivity index is 0.00000353. The molecule has 39 heavy (non-hydrogen) atoms. The monoisotopic (exact) mass is 637 g/mol. The fraction of sp³-hybridized carbons (Fsp3) is 0.364. The molecule has 0 aromatic heterocycles. The van der Waals surface area contributed by atoms with Crippen molar-refractivity contribution in [3.8, 4) is 16.9 Å². The average molecular weight is 638 g/mol. The molecule has 2 unspecified atom stereocenters. The summed E-state index contributed by atoms with van der Waals surface area (Å²) in [4.78, 5) is 16.6. The summed E-state index contributed by atoms with van der Waals surface area (Å²) in [6.45, 7) is 2.14. The van der Waals surface area contributed by atoms with Crippen molar-refractivity contribution in [2.45, 2.75) is 51.1 Å². The summed E-state index contributed by atoms with van der Waals surface area (Å²) in [5.74, 6) is 0.996. The number of carbonyl (C=O) groups excluding carboxylic acids is 1. The lowest BCUT2D eigenvalue weighted by molar-refractivity contribution is -0.120. The number of nitrogens with zero attached hydrogens (tertiary/aromatic N) is 1. The van der Waals surface area contributed by atoms with E-state index in [1.165, 1.54) is 12.8 Å². The van der Waals surface area contributed by atoms with E-state index in [0.717, 1.165) is 70.6 Å². The molecule has 3 aromatic rings. The van der Waals surface area contributed by atoms with E-state index in [9.17, 15) is 4.79 Å². The van der Waals surface area contributed by atoms with E-state index in [4.69, 9.17) is 16.2 Å². The number of carbonyl (C=O) groups is 1. The first-order valence-electron chi connectivity index (χ1n) is 13.9. The van der Waals surface area contributed by atoms with Gasteiger partial charge in [-0.15, -0.1) is 24.0 Å². The third-order valence-electron chi connectivity index (χ3n) is 8.12. The van der Waals surface area contributed by atoms with Gasteiger partial charge in [0.05, 0.1) is 6.61 Å². The summed E-state index contributed by atoms with van der Waals surface area (Å²) in [5.41, 5.74) is 18.8. The van der Waals surface area contributed by atoms with Crippen LogP contribution in [0.15, 0.2) is 72.3 Å². The number of ether oxygens (including phenoxy) is 1. The van der Waals surface area contributed by atoms with Crippen LogP contribution >= 0.6 is 24.0 Å². The number of rotatable bonds is 8. The van der Waals surface area contributed by atoms with Crippen LogP contribution in [0.4, 0.5) is 5.69 Å². The van der Waals surface area contributed by atoms with Gasteiger partial charge in [-0.25, -0.2) is 0 Å². The topological polar surface area (TPSA) is 81.6 Å². The van der Waals surface area contributed by atoms with Gasteiger partial charge in [-0.1, -0.05) is 48.9 Å². The second kappa shape index (κ2) is 13.6. The molecule has 0 radical (unpaired) electrons. The number of halogens is 1. The highest BCUT2D eigenvalue weighted by molar-refractivity contribution is 14.0. The van der Waals surface area contributed by atoms with Crippen molar-refractivity contribution in [3.05, 3.63) is 89.0 Å². The number of fused-ring (bicyclic) bond motifs is 1. The van der Waals surface area contributed by atoms with Gasteiger partial charge in [0.1, 0.15) is 5.75 Å². The van der Waals surface area contributed by atoms with E-state index in [-0.39, 0.29) is 35.7 Å². The van der Waals surface area contributed by atoms with Crippen LogP contribution < -0.4 is 16.2 Å². The van der Waals surface area contributed by atoms with Gasteiger partial charge in [0, 0.05) is 36.2 Å². The van der Waals surface area contributed by atoms with Gasteiger partial charge in [-0.2, -0.15) is 0 Å². The molecular weight excluding hydrogens is 597 g/mol. The highest BCUT2D eigenvalue weighted by Crippen LogP contribution is 2.33. The molecule has 206 valence electrons. The minimum atomic E-state index is -0.0797. The molecule has 0 saturated carbocycles. The van der Waals surface area contributed by atoms with E-state index >= 15 is 0 Å². The number of benzene rings is 3. The Hall–Kier alpha value is -2.68. The smallest absolute Gasteiger partial charge is 0.162 e. The number of hydrogen-bond donors (Lipinski definition) is 2. The lowest BCUT2D eigenvalue weighted by Gasteiger charge is -2.34. The first kappa shape index (κ1) is 29.3. The molecule has 6 heteroatoms. The Labute approximate surface area is 249 Å². The Kier molecular flexibility index (Phi) is 10.2. The fourth-order valence-electron chi connectivity index (χ4n) is 5.78. The zero-order chi connectivity index (χ0) is 26.5. The van der Waals surface area contributed by atoms with Crippen LogP contribution in [-0.4, -0.2) is 36.9 Å². The quantitative estimate of drug-likeness (QED) is 0.218. The fourth-order valence-corrected chi connectivity index (χ4v) is 5.78. The van der Waals surface area contributed by atoms with Crippen LogP contribution in [0.1, 0.15) is 48.8 Å². The summed E-state index contributed by atoms with van der Waals surface area (Å²) in [6, 6.07) is 23.0. The molecule has 0 spiro atoms. The largest absolute Gasteiger partial charge is 0.493 e. The van der Waals surface area contributed by atoms with Crippen LogP contribution in [0.3, 0.4) is 0 Å².